The summed E-state index contributed by atoms with van der Waals surface area (Å²) < 4.78 is 1.74. The van der Waals surface area contributed by atoms with Crippen LogP contribution in [0.4, 0.5) is 5.95 Å². The van der Waals surface area contributed by atoms with E-state index in [9.17, 15) is 14.7 Å². The maximum absolute atomic E-state index is 13.3. The van der Waals surface area contributed by atoms with Crippen molar-refractivity contribution >= 4 is 11.9 Å². The second-order valence-corrected chi connectivity index (χ2v) is 10.6. The van der Waals surface area contributed by atoms with E-state index in [1.165, 1.54) is 0 Å². The number of piperidine rings is 1. The van der Waals surface area contributed by atoms with Gasteiger partial charge in [-0.1, -0.05) is 36.8 Å². The number of benzene rings is 1. The van der Waals surface area contributed by atoms with E-state index in [0.29, 0.717) is 43.7 Å². The summed E-state index contributed by atoms with van der Waals surface area (Å²) in [7, 11) is 0. The number of β-amino-alcohol motifs (C(OH)–C–C–N with tert-alkyl or cyclic N) is 1. The molecule has 3 aliphatic rings. The summed E-state index contributed by atoms with van der Waals surface area (Å²) in [6.07, 6.45) is 8.19. The number of fused-ring (bicyclic) bond motifs is 1. The summed E-state index contributed by atoms with van der Waals surface area (Å²) >= 11 is 0. The van der Waals surface area contributed by atoms with Gasteiger partial charge >= 0.3 is 0 Å². The predicted octanol–water partition coefficient (Wildman–Crippen LogP) is 3.41. The highest BCUT2D eigenvalue weighted by atomic mass is 16.3. The average molecular weight is 500 g/mol. The van der Waals surface area contributed by atoms with Crippen LogP contribution in [0, 0.1) is 5.92 Å². The zero-order valence-corrected chi connectivity index (χ0v) is 21.0. The van der Waals surface area contributed by atoms with Gasteiger partial charge in [0.1, 0.15) is 0 Å². The Morgan fingerprint density at radius 3 is 2.41 bits per heavy atom. The first-order chi connectivity index (χ1) is 18.0. The standard InChI is InChI=1S/C29H33N5O3/c35-25(22-5-2-1-3-6-22)20-34-28-31-24(21-9-14-30-15-10-21)19-26(36)33(28)18-13-29(34)11-16-32(17-12-29)27(37)23-7-4-8-23/h1-3,5-6,9-10,14-15,19,23,25,35H,4,7-8,11-13,16-18,20H2/t25-/m1/s1. The van der Waals surface area contributed by atoms with Crippen LogP contribution in [0.5, 0.6) is 0 Å². The first-order valence-corrected chi connectivity index (χ1v) is 13.4. The van der Waals surface area contributed by atoms with E-state index < -0.39 is 6.10 Å². The van der Waals surface area contributed by atoms with Crippen molar-refractivity contribution in [1.82, 2.24) is 19.4 Å². The third-order valence-electron chi connectivity index (χ3n) is 8.58. The zero-order chi connectivity index (χ0) is 25.4. The average Bonchev–Trinajstić information content (AvgIpc) is 2.90. The van der Waals surface area contributed by atoms with E-state index >= 15 is 0 Å². The van der Waals surface area contributed by atoms with Gasteiger partial charge in [0, 0.05) is 55.1 Å². The van der Waals surface area contributed by atoms with E-state index in [2.05, 4.69) is 9.88 Å². The maximum atomic E-state index is 13.3. The molecular weight excluding hydrogens is 466 g/mol. The van der Waals surface area contributed by atoms with Crippen molar-refractivity contribution in [2.24, 2.45) is 5.92 Å². The molecule has 0 unspecified atom stereocenters. The monoisotopic (exact) mass is 499 g/mol. The summed E-state index contributed by atoms with van der Waals surface area (Å²) in [5.41, 5.74) is 1.90. The molecule has 37 heavy (non-hydrogen) atoms. The number of amides is 1. The molecule has 8 nitrogen and oxygen atoms in total. The molecule has 2 aliphatic heterocycles. The van der Waals surface area contributed by atoms with Crippen LogP contribution in [0.1, 0.15) is 50.2 Å². The van der Waals surface area contributed by atoms with E-state index in [4.69, 9.17) is 4.98 Å². The minimum atomic E-state index is -0.735. The fourth-order valence-corrected chi connectivity index (χ4v) is 6.05. The molecule has 2 fully saturated rings. The Bertz CT molecular complexity index is 1310. The quantitative estimate of drug-likeness (QED) is 0.579. The molecule has 1 aliphatic carbocycles. The molecule has 3 aromatic rings. The van der Waals surface area contributed by atoms with Crippen LogP contribution in [-0.4, -0.2) is 55.6 Å². The topological polar surface area (TPSA) is 91.6 Å². The van der Waals surface area contributed by atoms with Crippen molar-refractivity contribution in [3.8, 4) is 11.3 Å². The Morgan fingerprint density at radius 1 is 1.03 bits per heavy atom. The smallest absolute Gasteiger partial charge is 0.255 e. The van der Waals surface area contributed by atoms with Crippen LogP contribution in [0.3, 0.4) is 0 Å². The Balaban J connectivity index is 1.36. The third-order valence-corrected chi connectivity index (χ3v) is 8.58. The molecule has 1 aromatic carbocycles. The van der Waals surface area contributed by atoms with Gasteiger partial charge in [-0.25, -0.2) is 4.98 Å². The summed E-state index contributed by atoms with van der Waals surface area (Å²) in [5.74, 6) is 1.09. The molecule has 1 amide bonds. The summed E-state index contributed by atoms with van der Waals surface area (Å²) in [6, 6.07) is 14.9. The normalized spacial score (nSPS) is 19.8. The van der Waals surface area contributed by atoms with Crippen molar-refractivity contribution in [3.05, 3.63) is 76.8 Å². The summed E-state index contributed by atoms with van der Waals surface area (Å²) in [6.45, 7) is 2.29. The summed E-state index contributed by atoms with van der Waals surface area (Å²) in [5, 5.41) is 11.3. The van der Waals surface area contributed by atoms with Crippen molar-refractivity contribution in [2.45, 2.75) is 56.7 Å². The lowest BCUT2D eigenvalue weighted by Gasteiger charge is -2.53. The molecule has 1 atom stereocenters. The predicted molar refractivity (Wildman–Crippen MR) is 141 cm³/mol. The molecule has 192 valence electrons. The molecule has 0 radical (unpaired) electrons. The Labute approximate surface area is 216 Å². The van der Waals surface area contributed by atoms with Gasteiger partial charge in [0.2, 0.25) is 11.9 Å². The first-order valence-electron chi connectivity index (χ1n) is 13.4. The Hall–Kier alpha value is -3.52. The van der Waals surface area contributed by atoms with Crippen LogP contribution >= 0.6 is 0 Å². The summed E-state index contributed by atoms with van der Waals surface area (Å²) in [4.78, 5) is 39.5. The molecule has 1 spiro atoms. The number of aliphatic hydroxyl groups is 1. The van der Waals surface area contributed by atoms with Crippen molar-refractivity contribution in [2.75, 3.05) is 24.5 Å². The van der Waals surface area contributed by atoms with Crippen LogP contribution < -0.4 is 10.5 Å². The highest BCUT2D eigenvalue weighted by molar-refractivity contribution is 5.79. The number of carbonyl (C=O) groups excluding carboxylic acids is 1. The lowest BCUT2D eigenvalue weighted by atomic mass is 9.79. The lowest BCUT2D eigenvalue weighted by Crippen LogP contribution is -2.61. The van der Waals surface area contributed by atoms with Gasteiger partial charge in [-0.05, 0) is 49.8 Å². The number of nitrogens with zero attached hydrogens (tertiary/aromatic N) is 5. The molecule has 1 saturated heterocycles. The third kappa shape index (κ3) is 4.44. The minimum absolute atomic E-state index is 0.0940. The number of hydrogen-bond acceptors (Lipinski definition) is 6. The van der Waals surface area contributed by atoms with Gasteiger partial charge in [0.05, 0.1) is 18.3 Å². The van der Waals surface area contributed by atoms with Crippen molar-refractivity contribution in [3.63, 3.8) is 0 Å². The SMILES string of the molecule is O=C(C1CCC1)N1CCC2(CC1)CCn1c(nc(-c3ccncc3)cc1=O)N2C[C@@H](O)c1ccccc1. The van der Waals surface area contributed by atoms with E-state index in [0.717, 1.165) is 49.7 Å². The highest BCUT2D eigenvalue weighted by Gasteiger charge is 2.46. The number of rotatable bonds is 5. The number of aromatic nitrogens is 3. The first kappa shape index (κ1) is 23.9. The van der Waals surface area contributed by atoms with Crippen LogP contribution in [0.15, 0.2) is 65.7 Å². The fourth-order valence-electron chi connectivity index (χ4n) is 6.05. The highest BCUT2D eigenvalue weighted by Crippen LogP contribution is 2.41. The molecule has 0 bridgehead atoms. The lowest BCUT2D eigenvalue weighted by molar-refractivity contribution is -0.139. The number of anilines is 1. The number of likely N-dealkylation sites (tertiary alicyclic amines) is 1. The number of carbonyl (C=O) groups is 1. The molecular formula is C29H33N5O3. The molecule has 1 saturated carbocycles. The Morgan fingerprint density at radius 2 is 1.73 bits per heavy atom. The molecule has 8 heteroatoms. The largest absolute Gasteiger partial charge is 0.387 e. The van der Waals surface area contributed by atoms with E-state index in [1.54, 1.807) is 23.0 Å². The van der Waals surface area contributed by atoms with Crippen molar-refractivity contribution < 1.29 is 9.90 Å². The Kier molecular flexibility index (Phi) is 6.28. The van der Waals surface area contributed by atoms with Gasteiger partial charge in [-0.2, -0.15) is 0 Å². The second kappa shape index (κ2) is 9.74. The number of pyridine rings is 1. The van der Waals surface area contributed by atoms with E-state index in [1.807, 2.05) is 47.4 Å². The van der Waals surface area contributed by atoms with Gasteiger partial charge in [-0.15, -0.1) is 0 Å². The minimum Gasteiger partial charge on any atom is -0.387 e. The maximum Gasteiger partial charge on any atom is 0.255 e. The molecule has 1 N–H and O–H groups in total. The van der Waals surface area contributed by atoms with Crippen LogP contribution in [-0.2, 0) is 11.3 Å². The fraction of sp³-hybridized carbons (Fsp3) is 0.448. The molecule has 6 rings (SSSR count). The van der Waals surface area contributed by atoms with E-state index in [-0.39, 0.29) is 17.0 Å². The van der Waals surface area contributed by atoms with Crippen molar-refractivity contribution in [1.29, 1.82) is 0 Å². The number of hydrogen-bond donors (Lipinski definition) is 1. The van der Waals surface area contributed by atoms with Gasteiger partial charge in [-0.3, -0.25) is 19.1 Å². The molecule has 4 heterocycles. The molecule has 2 aromatic heterocycles. The number of aliphatic hydroxyl groups excluding tert-OH is 1. The van der Waals surface area contributed by atoms with Gasteiger partial charge < -0.3 is 14.9 Å². The second-order valence-electron chi connectivity index (χ2n) is 10.6. The van der Waals surface area contributed by atoms with Crippen LogP contribution in [0.25, 0.3) is 11.3 Å². The van der Waals surface area contributed by atoms with Gasteiger partial charge in [0.15, 0.2) is 0 Å². The zero-order valence-electron chi connectivity index (χ0n) is 21.0. The van der Waals surface area contributed by atoms with Gasteiger partial charge in [0.25, 0.3) is 5.56 Å². The van der Waals surface area contributed by atoms with Crippen LogP contribution in [0.2, 0.25) is 0 Å².